The third-order valence-corrected chi connectivity index (χ3v) is 4.76. The lowest BCUT2D eigenvalue weighted by Gasteiger charge is -2.22. The molecule has 0 unspecified atom stereocenters. The number of amides is 2. The number of methoxy groups -OCH3 is 2. The molecule has 8 heteroatoms. The zero-order valence-corrected chi connectivity index (χ0v) is 15.5. The Kier molecular flexibility index (Phi) is 5.72. The molecule has 0 aliphatic heterocycles. The van der Waals surface area contributed by atoms with E-state index in [-0.39, 0.29) is 18.4 Å². The summed E-state index contributed by atoms with van der Waals surface area (Å²) in [7, 11) is 3.07. The first kappa shape index (κ1) is 18.2. The van der Waals surface area contributed by atoms with Crippen LogP contribution >= 0.6 is 11.3 Å². The first-order valence-corrected chi connectivity index (χ1v) is 9.18. The second kappa shape index (κ2) is 8.18. The fourth-order valence-corrected chi connectivity index (χ4v) is 3.11. The highest BCUT2D eigenvalue weighted by Gasteiger charge is 2.29. The van der Waals surface area contributed by atoms with Crippen molar-refractivity contribution in [3.05, 3.63) is 35.3 Å². The van der Waals surface area contributed by atoms with Gasteiger partial charge in [0.25, 0.3) is 5.91 Å². The molecule has 1 fully saturated rings. The van der Waals surface area contributed by atoms with E-state index in [1.807, 2.05) is 0 Å². The molecule has 1 aliphatic carbocycles. The van der Waals surface area contributed by atoms with Crippen LogP contribution in [0.3, 0.4) is 0 Å². The van der Waals surface area contributed by atoms with Crippen LogP contribution in [-0.4, -0.2) is 49.0 Å². The smallest absolute Gasteiger partial charge is 0.254 e. The highest BCUT2D eigenvalue weighted by atomic mass is 32.1. The third-order valence-electron chi connectivity index (χ3n) is 4.07. The van der Waals surface area contributed by atoms with Crippen LogP contribution in [0, 0.1) is 5.92 Å². The summed E-state index contributed by atoms with van der Waals surface area (Å²) >= 11 is 1.34. The Hall–Kier alpha value is -2.61. The largest absolute Gasteiger partial charge is 0.497 e. The molecule has 3 rings (SSSR count). The van der Waals surface area contributed by atoms with E-state index in [1.165, 1.54) is 25.6 Å². The zero-order chi connectivity index (χ0) is 18.5. The molecule has 138 valence electrons. The second-order valence-corrected chi connectivity index (χ2v) is 7.01. The van der Waals surface area contributed by atoms with E-state index >= 15 is 0 Å². The second-order valence-electron chi connectivity index (χ2n) is 6.12. The van der Waals surface area contributed by atoms with Gasteiger partial charge in [-0.05, 0) is 30.9 Å². The topological polar surface area (TPSA) is 80.8 Å². The lowest BCUT2D eigenvalue weighted by molar-refractivity contribution is -0.116. The predicted molar refractivity (Wildman–Crippen MR) is 98.9 cm³/mol. The van der Waals surface area contributed by atoms with Gasteiger partial charge in [-0.2, -0.15) is 0 Å². The van der Waals surface area contributed by atoms with Crippen LogP contribution in [0.1, 0.15) is 23.2 Å². The van der Waals surface area contributed by atoms with E-state index in [9.17, 15) is 9.59 Å². The third kappa shape index (κ3) is 4.72. The lowest BCUT2D eigenvalue weighted by Crippen LogP contribution is -2.39. The minimum atomic E-state index is -0.260. The zero-order valence-electron chi connectivity index (χ0n) is 14.7. The number of carbonyl (C=O) groups is 2. The molecule has 0 spiro atoms. The predicted octanol–water partition coefficient (Wildman–Crippen LogP) is 2.65. The number of benzene rings is 1. The van der Waals surface area contributed by atoms with Crippen molar-refractivity contribution in [2.45, 2.75) is 12.8 Å². The van der Waals surface area contributed by atoms with Crippen molar-refractivity contribution in [2.75, 3.05) is 32.6 Å². The molecule has 1 aromatic heterocycles. The van der Waals surface area contributed by atoms with Gasteiger partial charge in [0.15, 0.2) is 5.13 Å². The molecular formula is C18H21N3O4S. The molecule has 26 heavy (non-hydrogen) atoms. The maximum Gasteiger partial charge on any atom is 0.254 e. The quantitative estimate of drug-likeness (QED) is 0.767. The summed E-state index contributed by atoms with van der Waals surface area (Å²) in [6.07, 6.45) is 3.79. The van der Waals surface area contributed by atoms with E-state index < -0.39 is 0 Å². The van der Waals surface area contributed by atoms with Gasteiger partial charge in [-0.15, -0.1) is 11.3 Å². The van der Waals surface area contributed by atoms with Crippen LogP contribution in [0.4, 0.5) is 5.13 Å². The Balaban J connectivity index is 1.75. The van der Waals surface area contributed by atoms with Gasteiger partial charge in [-0.3, -0.25) is 9.59 Å². The summed E-state index contributed by atoms with van der Waals surface area (Å²) in [6.45, 7) is 0.540. The number of ether oxygens (including phenoxy) is 2. The summed E-state index contributed by atoms with van der Waals surface area (Å²) in [5, 5.41) is 5.03. The van der Waals surface area contributed by atoms with E-state index in [2.05, 4.69) is 10.3 Å². The summed E-state index contributed by atoms with van der Waals surface area (Å²) in [5.74, 6) is 1.05. The molecule has 7 nitrogen and oxygen atoms in total. The molecule has 1 saturated carbocycles. The Morgan fingerprint density at radius 3 is 2.46 bits per heavy atom. The summed E-state index contributed by atoms with van der Waals surface area (Å²) in [4.78, 5) is 30.9. The molecule has 1 aromatic carbocycles. The summed E-state index contributed by atoms with van der Waals surface area (Å²) in [5.41, 5.74) is 0.434. The van der Waals surface area contributed by atoms with Crippen LogP contribution in [0.15, 0.2) is 29.8 Å². The molecule has 2 aromatic rings. The van der Waals surface area contributed by atoms with Crippen molar-refractivity contribution in [3.8, 4) is 11.5 Å². The van der Waals surface area contributed by atoms with E-state index in [1.54, 1.807) is 34.7 Å². The van der Waals surface area contributed by atoms with Crippen molar-refractivity contribution >= 4 is 28.3 Å². The molecule has 1 N–H and O–H groups in total. The Bertz CT molecular complexity index is 752. The number of anilines is 1. The Morgan fingerprint density at radius 1 is 1.23 bits per heavy atom. The number of carbonyl (C=O) groups excluding carboxylic acids is 2. The van der Waals surface area contributed by atoms with Crippen LogP contribution in [0.5, 0.6) is 11.5 Å². The fraction of sp³-hybridized carbons (Fsp3) is 0.389. The van der Waals surface area contributed by atoms with Gasteiger partial charge >= 0.3 is 0 Å². The number of nitrogens with one attached hydrogen (secondary N) is 1. The monoisotopic (exact) mass is 375 g/mol. The fourth-order valence-electron chi connectivity index (χ4n) is 2.56. The van der Waals surface area contributed by atoms with Gasteiger partial charge in [0, 0.05) is 29.8 Å². The van der Waals surface area contributed by atoms with Gasteiger partial charge in [0.1, 0.15) is 18.0 Å². The highest BCUT2D eigenvalue weighted by Crippen LogP contribution is 2.31. The lowest BCUT2D eigenvalue weighted by atomic mass is 10.1. The van der Waals surface area contributed by atoms with Crippen molar-refractivity contribution in [3.63, 3.8) is 0 Å². The highest BCUT2D eigenvalue weighted by molar-refractivity contribution is 7.13. The molecular weight excluding hydrogens is 354 g/mol. The number of hydrogen-bond donors (Lipinski definition) is 1. The average Bonchev–Trinajstić information content (AvgIpc) is 3.33. The molecule has 2 amide bonds. The first-order chi connectivity index (χ1) is 12.6. The van der Waals surface area contributed by atoms with Crippen LogP contribution in [-0.2, 0) is 4.79 Å². The van der Waals surface area contributed by atoms with E-state index in [4.69, 9.17) is 9.47 Å². The molecule has 1 heterocycles. The summed E-state index contributed by atoms with van der Waals surface area (Å²) in [6, 6.07) is 5.02. The standard InChI is InChI=1S/C18H21N3O4S/c1-24-14-7-13(8-15(9-14)25-2)17(23)21(10-12-3-4-12)11-16(22)20-18-19-5-6-26-18/h5-9,12H,3-4,10-11H2,1-2H3,(H,19,20,22). The summed E-state index contributed by atoms with van der Waals surface area (Å²) < 4.78 is 10.5. The van der Waals surface area contributed by atoms with E-state index in [0.717, 1.165) is 12.8 Å². The van der Waals surface area contributed by atoms with Crippen molar-refractivity contribution < 1.29 is 19.1 Å². The Morgan fingerprint density at radius 2 is 1.92 bits per heavy atom. The van der Waals surface area contributed by atoms with Gasteiger partial charge in [0.05, 0.1) is 14.2 Å². The van der Waals surface area contributed by atoms with Crippen molar-refractivity contribution in [1.82, 2.24) is 9.88 Å². The Labute approximate surface area is 155 Å². The van der Waals surface area contributed by atoms with Gasteiger partial charge in [-0.1, -0.05) is 0 Å². The number of aromatic nitrogens is 1. The number of nitrogens with zero attached hydrogens (tertiary/aromatic N) is 2. The molecule has 0 radical (unpaired) electrons. The SMILES string of the molecule is COc1cc(OC)cc(C(=O)N(CC(=O)Nc2nccs2)CC2CC2)c1. The first-order valence-electron chi connectivity index (χ1n) is 8.30. The van der Waals surface area contributed by atoms with Gasteiger partial charge in [0.2, 0.25) is 5.91 Å². The number of rotatable bonds is 8. The number of thiazole rings is 1. The molecule has 1 aliphatic rings. The van der Waals surface area contributed by atoms with Crippen molar-refractivity contribution in [1.29, 1.82) is 0 Å². The molecule has 0 atom stereocenters. The van der Waals surface area contributed by atoms with Gasteiger partial charge < -0.3 is 19.7 Å². The minimum Gasteiger partial charge on any atom is -0.497 e. The molecule has 0 bridgehead atoms. The van der Waals surface area contributed by atoms with Crippen molar-refractivity contribution in [2.24, 2.45) is 5.92 Å². The maximum absolute atomic E-state index is 13.0. The maximum atomic E-state index is 13.0. The number of hydrogen-bond acceptors (Lipinski definition) is 6. The molecule has 0 saturated heterocycles. The van der Waals surface area contributed by atoms with Crippen LogP contribution in [0.2, 0.25) is 0 Å². The van der Waals surface area contributed by atoms with Gasteiger partial charge in [-0.25, -0.2) is 4.98 Å². The normalized spacial score (nSPS) is 13.2. The van der Waals surface area contributed by atoms with E-state index in [0.29, 0.717) is 34.7 Å². The average molecular weight is 375 g/mol. The van der Waals surface area contributed by atoms with Crippen LogP contribution < -0.4 is 14.8 Å². The van der Waals surface area contributed by atoms with Crippen LogP contribution in [0.25, 0.3) is 0 Å². The minimum absolute atomic E-state index is 0.0194.